The van der Waals surface area contributed by atoms with Crippen LogP contribution in [0.1, 0.15) is 23.5 Å². The van der Waals surface area contributed by atoms with Crippen LogP contribution in [0, 0.1) is 6.92 Å². The molecule has 7 heteroatoms. The summed E-state index contributed by atoms with van der Waals surface area (Å²) in [5, 5.41) is 3.10. The largest absolute Gasteiger partial charge is 0.370 e. The van der Waals surface area contributed by atoms with Crippen LogP contribution in [0.5, 0.6) is 0 Å². The molecule has 0 spiro atoms. The molecule has 7 nitrogen and oxygen atoms in total. The van der Waals surface area contributed by atoms with Gasteiger partial charge in [0.1, 0.15) is 0 Å². The monoisotopic (exact) mass is 275 g/mol. The lowest BCUT2D eigenvalue weighted by atomic mass is 10.2. The summed E-state index contributed by atoms with van der Waals surface area (Å²) in [5.41, 5.74) is 9.09. The molecule has 0 unspecified atom stereocenters. The molecule has 0 atom stereocenters. The molecule has 0 aliphatic rings. The molecule has 0 amide bonds. The third-order valence-corrected chi connectivity index (χ3v) is 3.04. The molecule has 0 aliphatic carbocycles. The van der Waals surface area contributed by atoms with Gasteiger partial charge < -0.3 is 21.0 Å². The maximum absolute atomic E-state index is 5.80. The molecule has 2 aromatic rings. The zero-order chi connectivity index (χ0) is 14.2. The second-order valence-electron chi connectivity index (χ2n) is 4.60. The second kappa shape index (κ2) is 7.32. The lowest BCUT2D eigenvalue weighted by Gasteiger charge is -2.04. The zero-order valence-electron chi connectivity index (χ0n) is 11.7. The van der Waals surface area contributed by atoms with E-state index in [0.29, 0.717) is 12.5 Å². The average molecular weight is 275 g/mol. The van der Waals surface area contributed by atoms with Gasteiger partial charge in [0, 0.05) is 37.1 Å². The van der Waals surface area contributed by atoms with Gasteiger partial charge in [-0.1, -0.05) is 0 Å². The smallest absolute Gasteiger partial charge is 0.188 e. The first-order valence-corrected chi connectivity index (χ1v) is 6.75. The van der Waals surface area contributed by atoms with Crippen molar-refractivity contribution in [3.8, 4) is 0 Å². The van der Waals surface area contributed by atoms with Crippen LogP contribution in [0.15, 0.2) is 23.8 Å². The van der Waals surface area contributed by atoms with Crippen LogP contribution in [0.3, 0.4) is 0 Å². The summed E-state index contributed by atoms with van der Waals surface area (Å²) < 4.78 is 0. The fraction of sp³-hybridized carbons (Fsp3) is 0.462. The lowest BCUT2D eigenvalue weighted by Crippen LogP contribution is -2.33. The Labute approximate surface area is 118 Å². The van der Waals surface area contributed by atoms with E-state index in [9.17, 15) is 0 Å². The van der Waals surface area contributed by atoms with Gasteiger partial charge in [-0.2, -0.15) is 0 Å². The van der Waals surface area contributed by atoms with E-state index >= 15 is 0 Å². The highest BCUT2D eigenvalue weighted by Gasteiger charge is 2.00. The minimum atomic E-state index is 0.489. The fourth-order valence-corrected chi connectivity index (χ4v) is 1.89. The average Bonchev–Trinajstić information content (AvgIpc) is 3.07. The van der Waals surface area contributed by atoms with Crippen LogP contribution in [0.4, 0.5) is 0 Å². The Morgan fingerprint density at radius 2 is 2.25 bits per heavy atom. The van der Waals surface area contributed by atoms with E-state index in [4.69, 9.17) is 5.73 Å². The Morgan fingerprint density at radius 1 is 1.35 bits per heavy atom. The number of rotatable bonds is 7. The fourth-order valence-electron chi connectivity index (χ4n) is 1.89. The van der Waals surface area contributed by atoms with Crippen LogP contribution in [0.25, 0.3) is 0 Å². The Morgan fingerprint density at radius 3 is 2.95 bits per heavy atom. The number of nitrogens with two attached hydrogens (primary N) is 1. The number of nitrogens with zero attached hydrogens (tertiary/aromatic N) is 3. The van der Waals surface area contributed by atoms with Gasteiger partial charge in [0.25, 0.3) is 0 Å². The van der Waals surface area contributed by atoms with Gasteiger partial charge in [-0.25, -0.2) is 9.97 Å². The summed E-state index contributed by atoms with van der Waals surface area (Å²) >= 11 is 0. The molecule has 0 radical (unpaired) electrons. The molecule has 20 heavy (non-hydrogen) atoms. The number of imidazole rings is 2. The topological polar surface area (TPSA) is 108 Å². The molecule has 0 aliphatic heterocycles. The zero-order valence-corrected chi connectivity index (χ0v) is 11.7. The number of hydrogen-bond acceptors (Lipinski definition) is 3. The number of nitrogens with one attached hydrogen (secondary N) is 3. The minimum Gasteiger partial charge on any atom is -0.370 e. The van der Waals surface area contributed by atoms with Crippen molar-refractivity contribution < 1.29 is 0 Å². The van der Waals surface area contributed by atoms with Gasteiger partial charge in [0.05, 0.1) is 18.3 Å². The first-order valence-electron chi connectivity index (χ1n) is 6.75. The molecule has 0 bridgehead atoms. The van der Waals surface area contributed by atoms with Gasteiger partial charge >= 0.3 is 0 Å². The quantitative estimate of drug-likeness (QED) is 0.335. The normalized spacial score (nSPS) is 11.8. The SMILES string of the molecule is Cc1[nH]cnc1CCNC(N)=NCCCc1cnc[nH]1. The summed E-state index contributed by atoms with van der Waals surface area (Å²) in [6.45, 7) is 3.45. The predicted molar refractivity (Wildman–Crippen MR) is 78.4 cm³/mol. The van der Waals surface area contributed by atoms with E-state index in [-0.39, 0.29) is 0 Å². The van der Waals surface area contributed by atoms with Crippen molar-refractivity contribution in [1.29, 1.82) is 0 Å². The van der Waals surface area contributed by atoms with Gasteiger partial charge in [-0.3, -0.25) is 4.99 Å². The van der Waals surface area contributed by atoms with Crippen molar-refractivity contribution in [3.63, 3.8) is 0 Å². The summed E-state index contributed by atoms with van der Waals surface area (Å²) in [5.74, 6) is 0.489. The Kier molecular flexibility index (Phi) is 5.16. The van der Waals surface area contributed by atoms with Crippen LogP contribution in [-0.4, -0.2) is 39.0 Å². The molecule has 2 heterocycles. The number of aromatic nitrogens is 4. The molecule has 0 aromatic carbocycles. The first kappa shape index (κ1) is 14.1. The van der Waals surface area contributed by atoms with Gasteiger partial charge in [0.2, 0.25) is 0 Å². The van der Waals surface area contributed by atoms with E-state index in [1.165, 1.54) is 0 Å². The Balaban J connectivity index is 1.60. The number of H-pyrrole nitrogens is 2. The maximum Gasteiger partial charge on any atom is 0.188 e. The van der Waals surface area contributed by atoms with Crippen LogP contribution in [0.2, 0.25) is 0 Å². The van der Waals surface area contributed by atoms with Crippen LogP contribution < -0.4 is 11.1 Å². The first-order chi connectivity index (χ1) is 9.75. The molecule has 5 N–H and O–H groups in total. The molecule has 2 rings (SSSR count). The van der Waals surface area contributed by atoms with Crippen molar-refractivity contribution in [1.82, 2.24) is 25.3 Å². The van der Waals surface area contributed by atoms with E-state index in [1.54, 1.807) is 12.7 Å². The van der Waals surface area contributed by atoms with Crippen molar-refractivity contribution in [2.75, 3.05) is 13.1 Å². The predicted octanol–water partition coefficient (Wildman–Crippen LogP) is 0.521. The summed E-state index contributed by atoms with van der Waals surface area (Å²) in [7, 11) is 0. The van der Waals surface area contributed by atoms with Crippen molar-refractivity contribution in [3.05, 3.63) is 35.9 Å². The van der Waals surface area contributed by atoms with Crippen LogP contribution >= 0.6 is 0 Å². The van der Waals surface area contributed by atoms with Crippen molar-refractivity contribution in [2.45, 2.75) is 26.2 Å². The highest BCUT2D eigenvalue weighted by molar-refractivity contribution is 5.77. The van der Waals surface area contributed by atoms with Gasteiger partial charge in [-0.15, -0.1) is 0 Å². The highest BCUT2D eigenvalue weighted by Crippen LogP contribution is 2.00. The molecule has 0 fully saturated rings. The Bertz CT molecular complexity index is 527. The summed E-state index contributed by atoms with van der Waals surface area (Å²) in [4.78, 5) is 18.6. The standard InChI is InChI=1S/C13H21N7/c1-10-12(20-9-18-10)4-6-17-13(14)16-5-2-3-11-7-15-8-19-11/h7-9H,2-6H2,1H3,(H,15,19)(H,18,20)(H3,14,16,17). The summed E-state index contributed by atoms with van der Waals surface area (Å²) in [6, 6.07) is 0. The number of aromatic amines is 2. The lowest BCUT2D eigenvalue weighted by molar-refractivity contribution is 0.792. The molecule has 2 aromatic heterocycles. The number of hydrogen-bond donors (Lipinski definition) is 4. The molecular weight excluding hydrogens is 254 g/mol. The van der Waals surface area contributed by atoms with E-state index in [2.05, 4.69) is 30.2 Å². The summed E-state index contributed by atoms with van der Waals surface area (Å²) in [6.07, 6.45) is 7.94. The van der Waals surface area contributed by atoms with Gasteiger partial charge in [-0.05, 0) is 19.8 Å². The minimum absolute atomic E-state index is 0.489. The molecule has 0 saturated carbocycles. The third kappa shape index (κ3) is 4.42. The van der Waals surface area contributed by atoms with Crippen LogP contribution in [-0.2, 0) is 12.8 Å². The number of guanidine groups is 1. The van der Waals surface area contributed by atoms with Gasteiger partial charge in [0.15, 0.2) is 5.96 Å². The number of aryl methyl sites for hydroxylation is 2. The second-order valence-corrected chi connectivity index (χ2v) is 4.60. The Hall–Kier alpha value is -2.31. The molecule has 108 valence electrons. The third-order valence-electron chi connectivity index (χ3n) is 3.04. The number of aliphatic imine (C=N–C) groups is 1. The highest BCUT2D eigenvalue weighted by atomic mass is 15.1. The molecular formula is C13H21N7. The van der Waals surface area contributed by atoms with Crippen molar-refractivity contribution in [2.24, 2.45) is 10.7 Å². The van der Waals surface area contributed by atoms with E-state index in [1.807, 2.05) is 13.1 Å². The van der Waals surface area contributed by atoms with E-state index in [0.717, 1.165) is 42.9 Å². The molecule has 0 saturated heterocycles. The van der Waals surface area contributed by atoms with Crippen molar-refractivity contribution >= 4 is 5.96 Å². The maximum atomic E-state index is 5.80. The van der Waals surface area contributed by atoms with E-state index < -0.39 is 0 Å².